The molecule has 0 radical (unpaired) electrons. The van der Waals surface area contributed by atoms with E-state index >= 15 is 0 Å². The van der Waals surface area contributed by atoms with Crippen LogP contribution in [-0.4, -0.2) is 37.7 Å². The molecule has 1 saturated heterocycles. The van der Waals surface area contributed by atoms with Crippen LogP contribution in [0.2, 0.25) is 0 Å². The van der Waals surface area contributed by atoms with Crippen LogP contribution in [0.5, 0.6) is 5.75 Å². The molecular formula is C14H20N2O. The minimum absolute atomic E-state index is 0.389. The Morgan fingerprint density at radius 3 is 2.82 bits per heavy atom. The number of para-hydroxylation sites is 1. The lowest BCUT2D eigenvalue weighted by molar-refractivity contribution is 0.213. The lowest BCUT2D eigenvalue weighted by atomic mass is 10.0. The first-order chi connectivity index (χ1) is 8.33. The van der Waals surface area contributed by atoms with Gasteiger partial charge < -0.3 is 15.0 Å². The maximum absolute atomic E-state index is 5.70. The lowest BCUT2D eigenvalue weighted by Gasteiger charge is -2.31. The molecule has 1 aromatic rings. The molecule has 1 fully saturated rings. The van der Waals surface area contributed by atoms with Crippen LogP contribution in [0.4, 0.5) is 0 Å². The highest BCUT2D eigenvalue weighted by molar-refractivity contribution is 5.39. The molecule has 0 bridgehead atoms. The van der Waals surface area contributed by atoms with Gasteiger partial charge in [-0.05, 0) is 39.0 Å². The number of nitrogens with one attached hydrogen (secondary N) is 1. The van der Waals surface area contributed by atoms with E-state index in [9.17, 15) is 0 Å². The summed E-state index contributed by atoms with van der Waals surface area (Å²) in [5.74, 6) is 1.05. The second kappa shape index (κ2) is 4.67. The predicted octanol–water partition coefficient (Wildman–Crippen LogP) is 1.80. The molecule has 92 valence electrons. The van der Waals surface area contributed by atoms with Gasteiger partial charge in [0.2, 0.25) is 0 Å². The summed E-state index contributed by atoms with van der Waals surface area (Å²) in [5.41, 5.74) is 1.33. The van der Waals surface area contributed by atoms with Crippen molar-refractivity contribution in [3.8, 4) is 5.75 Å². The van der Waals surface area contributed by atoms with Crippen LogP contribution in [0.25, 0.3) is 0 Å². The Kier molecular flexibility index (Phi) is 3.04. The Balaban J connectivity index is 1.64. The van der Waals surface area contributed by atoms with Gasteiger partial charge in [0.25, 0.3) is 0 Å². The van der Waals surface area contributed by atoms with Crippen LogP contribution in [0.3, 0.4) is 0 Å². The molecule has 1 aromatic carbocycles. The zero-order chi connectivity index (χ0) is 11.7. The number of ether oxygens (including phenoxy) is 1. The molecule has 2 aliphatic rings. The molecule has 3 heteroatoms. The smallest absolute Gasteiger partial charge is 0.124 e. The number of fused-ring (bicyclic) bond motifs is 1. The van der Waals surface area contributed by atoms with E-state index in [1.54, 1.807) is 0 Å². The van der Waals surface area contributed by atoms with Crippen molar-refractivity contribution in [2.75, 3.05) is 26.7 Å². The number of hydrogen-bond donors (Lipinski definition) is 1. The first-order valence-electron chi connectivity index (χ1n) is 6.49. The van der Waals surface area contributed by atoms with Crippen molar-refractivity contribution in [1.29, 1.82) is 0 Å². The van der Waals surface area contributed by atoms with Gasteiger partial charge in [-0.25, -0.2) is 0 Å². The standard InChI is InChI=1S/C14H20N2O/c1-16-8-6-11(7-9-16)15-13-10-17-14-5-3-2-4-12(13)14/h2-5,11,13,15H,6-10H2,1H3. The molecule has 3 nitrogen and oxygen atoms in total. The fourth-order valence-electron chi connectivity index (χ4n) is 2.76. The van der Waals surface area contributed by atoms with E-state index in [1.165, 1.54) is 31.5 Å². The van der Waals surface area contributed by atoms with Crippen molar-refractivity contribution in [2.24, 2.45) is 0 Å². The third-order valence-electron chi connectivity index (χ3n) is 3.86. The minimum Gasteiger partial charge on any atom is -0.491 e. The normalized spacial score (nSPS) is 25.6. The lowest BCUT2D eigenvalue weighted by Crippen LogP contribution is -2.42. The molecule has 0 aliphatic carbocycles. The quantitative estimate of drug-likeness (QED) is 0.841. The van der Waals surface area contributed by atoms with Crippen LogP contribution in [0.1, 0.15) is 24.4 Å². The maximum Gasteiger partial charge on any atom is 0.124 e. The van der Waals surface area contributed by atoms with E-state index in [4.69, 9.17) is 4.74 Å². The molecule has 0 amide bonds. The Morgan fingerprint density at radius 1 is 1.24 bits per heavy atom. The molecule has 0 spiro atoms. The van der Waals surface area contributed by atoms with Crippen molar-refractivity contribution in [3.05, 3.63) is 29.8 Å². The predicted molar refractivity (Wildman–Crippen MR) is 68.3 cm³/mol. The van der Waals surface area contributed by atoms with Crippen molar-refractivity contribution >= 4 is 0 Å². The van der Waals surface area contributed by atoms with E-state index in [0.717, 1.165) is 12.4 Å². The van der Waals surface area contributed by atoms with Crippen molar-refractivity contribution < 1.29 is 4.74 Å². The van der Waals surface area contributed by atoms with Crippen molar-refractivity contribution in [2.45, 2.75) is 24.9 Å². The highest BCUT2D eigenvalue weighted by Gasteiger charge is 2.27. The minimum atomic E-state index is 0.389. The summed E-state index contributed by atoms with van der Waals surface area (Å²) in [7, 11) is 2.20. The molecule has 17 heavy (non-hydrogen) atoms. The van der Waals surface area contributed by atoms with Gasteiger partial charge >= 0.3 is 0 Å². The average molecular weight is 232 g/mol. The largest absolute Gasteiger partial charge is 0.491 e. The Hall–Kier alpha value is -1.06. The van der Waals surface area contributed by atoms with Crippen LogP contribution < -0.4 is 10.1 Å². The molecule has 1 unspecified atom stereocenters. The highest BCUT2D eigenvalue weighted by Crippen LogP contribution is 2.32. The van der Waals surface area contributed by atoms with Gasteiger partial charge in [0, 0.05) is 11.6 Å². The number of benzene rings is 1. The summed E-state index contributed by atoms with van der Waals surface area (Å²) < 4.78 is 5.70. The van der Waals surface area contributed by atoms with Gasteiger partial charge in [0.05, 0.1) is 6.04 Å². The van der Waals surface area contributed by atoms with Crippen LogP contribution >= 0.6 is 0 Å². The van der Waals surface area contributed by atoms with Crippen molar-refractivity contribution in [3.63, 3.8) is 0 Å². The third-order valence-corrected chi connectivity index (χ3v) is 3.86. The van der Waals surface area contributed by atoms with Gasteiger partial charge in [0.15, 0.2) is 0 Å². The highest BCUT2D eigenvalue weighted by atomic mass is 16.5. The average Bonchev–Trinajstić information content (AvgIpc) is 2.76. The van der Waals surface area contributed by atoms with Gasteiger partial charge in [0.1, 0.15) is 12.4 Å². The molecule has 1 N–H and O–H groups in total. The van der Waals surface area contributed by atoms with Gasteiger partial charge in [-0.1, -0.05) is 18.2 Å². The Labute approximate surface area is 103 Å². The van der Waals surface area contributed by atoms with E-state index < -0.39 is 0 Å². The number of nitrogens with zero attached hydrogens (tertiary/aromatic N) is 1. The van der Waals surface area contributed by atoms with Gasteiger partial charge in [-0.3, -0.25) is 0 Å². The van der Waals surface area contributed by atoms with E-state index in [2.05, 4.69) is 35.5 Å². The summed E-state index contributed by atoms with van der Waals surface area (Å²) in [6.07, 6.45) is 2.49. The molecule has 0 aromatic heterocycles. The van der Waals surface area contributed by atoms with Crippen LogP contribution in [0.15, 0.2) is 24.3 Å². The summed E-state index contributed by atoms with van der Waals surface area (Å²) in [6, 6.07) is 9.40. The summed E-state index contributed by atoms with van der Waals surface area (Å²) in [6.45, 7) is 3.19. The second-order valence-corrected chi connectivity index (χ2v) is 5.15. The summed E-state index contributed by atoms with van der Waals surface area (Å²) >= 11 is 0. The molecule has 3 rings (SSSR count). The molecule has 1 atom stereocenters. The SMILES string of the molecule is CN1CCC(NC2COc3ccccc32)CC1. The maximum atomic E-state index is 5.70. The number of piperidine rings is 1. The molecule has 0 saturated carbocycles. The van der Waals surface area contributed by atoms with Crippen LogP contribution in [-0.2, 0) is 0 Å². The van der Waals surface area contributed by atoms with Crippen LogP contribution in [0, 0.1) is 0 Å². The Morgan fingerprint density at radius 2 is 2.00 bits per heavy atom. The second-order valence-electron chi connectivity index (χ2n) is 5.15. The number of likely N-dealkylation sites (tertiary alicyclic amines) is 1. The third kappa shape index (κ3) is 2.31. The fourth-order valence-corrected chi connectivity index (χ4v) is 2.76. The topological polar surface area (TPSA) is 24.5 Å². The zero-order valence-corrected chi connectivity index (χ0v) is 10.4. The van der Waals surface area contributed by atoms with Crippen molar-refractivity contribution in [1.82, 2.24) is 10.2 Å². The molecular weight excluding hydrogens is 212 g/mol. The molecule has 2 aliphatic heterocycles. The van der Waals surface area contributed by atoms with Gasteiger partial charge in [-0.15, -0.1) is 0 Å². The fraction of sp³-hybridized carbons (Fsp3) is 0.571. The van der Waals surface area contributed by atoms with E-state index in [1.807, 2.05) is 6.07 Å². The monoisotopic (exact) mass is 232 g/mol. The first-order valence-corrected chi connectivity index (χ1v) is 6.49. The number of rotatable bonds is 2. The number of hydrogen-bond acceptors (Lipinski definition) is 3. The zero-order valence-electron chi connectivity index (χ0n) is 10.4. The Bertz CT molecular complexity index is 386. The van der Waals surface area contributed by atoms with Gasteiger partial charge in [-0.2, -0.15) is 0 Å². The van der Waals surface area contributed by atoms with E-state index in [0.29, 0.717) is 12.1 Å². The summed E-state index contributed by atoms with van der Waals surface area (Å²) in [4.78, 5) is 2.40. The van der Waals surface area contributed by atoms with E-state index in [-0.39, 0.29) is 0 Å². The molecule has 2 heterocycles. The summed E-state index contributed by atoms with van der Waals surface area (Å²) in [5, 5.41) is 3.74. The first kappa shape index (κ1) is 11.1.